The molecule has 0 aliphatic carbocycles. The lowest BCUT2D eigenvalue weighted by atomic mass is 10.2. The van der Waals surface area contributed by atoms with E-state index in [2.05, 4.69) is 10.0 Å². The summed E-state index contributed by atoms with van der Waals surface area (Å²) < 4.78 is 42.0. The molecular weight excluding hydrogens is 372 g/mol. The van der Waals surface area contributed by atoms with Crippen LogP contribution in [0.2, 0.25) is 0 Å². The topological polar surface area (TPSA) is 103 Å². The zero-order valence-electron chi connectivity index (χ0n) is 14.7. The summed E-state index contributed by atoms with van der Waals surface area (Å²) in [5.74, 6) is 1.03. The summed E-state index contributed by atoms with van der Waals surface area (Å²) in [7, 11) is -2.13. The van der Waals surface area contributed by atoms with Crippen LogP contribution in [-0.2, 0) is 21.3 Å². The second kappa shape index (κ2) is 8.38. The summed E-state index contributed by atoms with van der Waals surface area (Å²) in [5, 5.41) is 2.79. The zero-order chi connectivity index (χ0) is 19.3. The van der Waals surface area contributed by atoms with Crippen molar-refractivity contribution >= 4 is 15.9 Å². The highest BCUT2D eigenvalue weighted by Crippen LogP contribution is 2.32. The molecule has 1 heterocycles. The van der Waals surface area contributed by atoms with Crippen LogP contribution >= 0.6 is 0 Å². The fourth-order valence-corrected chi connectivity index (χ4v) is 3.50. The first kappa shape index (κ1) is 19.2. The molecule has 2 aromatic carbocycles. The van der Waals surface area contributed by atoms with Crippen molar-refractivity contribution in [3.8, 4) is 11.5 Å². The maximum absolute atomic E-state index is 12.3. The van der Waals surface area contributed by atoms with Crippen LogP contribution in [0.3, 0.4) is 0 Å². The van der Waals surface area contributed by atoms with Gasteiger partial charge in [-0.1, -0.05) is 6.07 Å². The van der Waals surface area contributed by atoms with Gasteiger partial charge in [0.15, 0.2) is 11.5 Å². The largest absolute Gasteiger partial charge is 0.454 e. The highest BCUT2D eigenvalue weighted by molar-refractivity contribution is 7.89. The predicted molar refractivity (Wildman–Crippen MR) is 97.2 cm³/mol. The first-order valence-corrected chi connectivity index (χ1v) is 9.73. The second-order valence-electron chi connectivity index (χ2n) is 5.79. The molecule has 1 aliphatic rings. The van der Waals surface area contributed by atoms with Gasteiger partial charge in [-0.3, -0.25) is 4.79 Å². The fourth-order valence-electron chi connectivity index (χ4n) is 2.48. The van der Waals surface area contributed by atoms with Crippen molar-refractivity contribution in [2.75, 3.05) is 27.1 Å². The summed E-state index contributed by atoms with van der Waals surface area (Å²) >= 11 is 0. The molecule has 144 valence electrons. The van der Waals surface area contributed by atoms with Crippen molar-refractivity contribution in [1.29, 1.82) is 0 Å². The number of fused-ring (bicyclic) bond motifs is 1. The van der Waals surface area contributed by atoms with Crippen molar-refractivity contribution in [3.63, 3.8) is 0 Å². The van der Waals surface area contributed by atoms with Gasteiger partial charge >= 0.3 is 0 Å². The Hall–Kier alpha value is -2.62. The molecule has 27 heavy (non-hydrogen) atoms. The van der Waals surface area contributed by atoms with E-state index in [1.165, 1.54) is 31.4 Å². The van der Waals surface area contributed by atoms with Gasteiger partial charge in [0, 0.05) is 25.8 Å². The van der Waals surface area contributed by atoms with Crippen molar-refractivity contribution in [3.05, 3.63) is 53.6 Å². The molecule has 0 radical (unpaired) electrons. The van der Waals surface area contributed by atoms with Crippen molar-refractivity contribution in [1.82, 2.24) is 10.0 Å². The molecule has 9 heteroatoms. The number of amides is 1. The molecule has 0 fully saturated rings. The molecule has 0 atom stereocenters. The van der Waals surface area contributed by atoms with Crippen LogP contribution in [0.1, 0.15) is 15.9 Å². The van der Waals surface area contributed by atoms with Gasteiger partial charge in [0.2, 0.25) is 16.8 Å². The summed E-state index contributed by atoms with van der Waals surface area (Å²) in [6, 6.07) is 11.2. The molecule has 1 amide bonds. The maximum atomic E-state index is 12.3. The van der Waals surface area contributed by atoms with Gasteiger partial charge in [-0.05, 0) is 42.0 Å². The molecule has 3 rings (SSSR count). The molecule has 0 spiro atoms. The number of rotatable bonds is 8. The van der Waals surface area contributed by atoms with E-state index in [9.17, 15) is 13.2 Å². The number of ether oxygens (including phenoxy) is 3. The van der Waals surface area contributed by atoms with Crippen molar-refractivity contribution < 1.29 is 27.4 Å². The van der Waals surface area contributed by atoms with Crippen LogP contribution in [0.15, 0.2) is 47.4 Å². The quantitative estimate of drug-likeness (QED) is 0.656. The summed E-state index contributed by atoms with van der Waals surface area (Å²) in [6.07, 6.45) is 0. The minimum atomic E-state index is -3.62. The smallest absolute Gasteiger partial charge is 0.251 e. The number of benzene rings is 2. The molecule has 0 aromatic heterocycles. The van der Waals surface area contributed by atoms with Crippen molar-refractivity contribution in [2.24, 2.45) is 0 Å². The van der Waals surface area contributed by atoms with Crippen LogP contribution in [0.25, 0.3) is 0 Å². The molecule has 0 unspecified atom stereocenters. The number of carbonyl (C=O) groups excluding carboxylic acids is 1. The Labute approximate surface area is 157 Å². The van der Waals surface area contributed by atoms with Crippen LogP contribution < -0.4 is 19.5 Å². The lowest BCUT2D eigenvalue weighted by Crippen LogP contribution is -2.27. The van der Waals surface area contributed by atoms with Crippen LogP contribution in [0.5, 0.6) is 11.5 Å². The normalized spacial score (nSPS) is 12.8. The lowest BCUT2D eigenvalue weighted by Gasteiger charge is -2.08. The minimum Gasteiger partial charge on any atom is -0.454 e. The van der Waals surface area contributed by atoms with E-state index in [1.807, 2.05) is 12.1 Å². The molecule has 2 aromatic rings. The lowest BCUT2D eigenvalue weighted by molar-refractivity contribution is 0.0950. The molecular formula is C18H20N2O6S. The summed E-state index contributed by atoms with van der Waals surface area (Å²) in [4.78, 5) is 12.4. The highest BCUT2D eigenvalue weighted by atomic mass is 32.2. The first-order chi connectivity index (χ1) is 13.0. The zero-order valence-corrected chi connectivity index (χ0v) is 15.5. The number of nitrogens with one attached hydrogen (secondary N) is 2. The van der Waals surface area contributed by atoms with Crippen LogP contribution in [0.4, 0.5) is 0 Å². The van der Waals surface area contributed by atoms with Gasteiger partial charge in [-0.25, -0.2) is 13.1 Å². The molecule has 0 saturated carbocycles. The Kier molecular flexibility index (Phi) is 5.94. The van der Waals surface area contributed by atoms with Gasteiger partial charge < -0.3 is 19.5 Å². The third kappa shape index (κ3) is 4.76. The Morgan fingerprint density at radius 3 is 2.59 bits per heavy atom. The van der Waals surface area contributed by atoms with Gasteiger partial charge in [0.05, 0.1) is 11.5 Å². The van der Waals surface area contributed by atoms with Crippen LogP contribution in [0, 0.1) is 0 Å². The van der Waals surface area contributed by atoms with E-state index in [0.29, 0.717) is 23.6 Å². The molecule has 8 nitrogen and oxygen atoms in total. The molecule has 0 saturated heterocycles. The van der Waals surface area contributed by atoms with E-state index in [4.69, 9.17) is 14.2 Å². The second-order valence-corrected chi connectivity index (χ2v) is 7.55. The number of hydrogen-bond donors (Lipinski definition) is 2. The van der Waals surface area contributed by atoms with Gasteiger partial charge in [-0.15, -0.1) is 0 Å². The maximum Gasteiger partial charge on any atom is 0.251 e. The van der Waals surface area contributed by atoms with Crippen molar-refractivity contribution in [2.45, 2.75) is 11.4 Å². The fraction of sp³-hybridized carbons (Fsp3) is 0.278. The van der Waals surface area contributed by atoms with Gasteiger partial charge in [0.25, 0.3) is 5.91 Å². The number of hydrogen-bond acceptors (Lipinski definition) is 6. The first-order valence-electron chi connectivity index (χ1n) is 8.25. The minimum absolute atomic E-state index is 0.0888. The molecule has 1 aliphatic heterocycles. The average Bonchev–Trinajstić information content (AvgIpc) is 3.14. The Balaban J connectivity index is 1.59. The van der Waals surface area contributed by atoms with Gasteiger partial charge in [0.1, 0.15) is 0 Å². The standard InChI is InChI=1S/C18H20N2O6S/c1-24-9-8-20-27(22,23)15-5-3-14(4-6-15)18(21)19-11-13-2-7-16-17(10-13)26-12-25-16/h2-7,10,20H,8-9,11-12H2,1H3,(H,19,21). The SMILES string of the molecule is COCCNS(=O)(=O)c1ccc(C(=O)NCc2ccc3c(c2)OCO3)cc1. The average molecular weight is 392 g/mol. The van der Waals surface area contributed by atoms with E-state index >= 15 is 0 Å². The predicted octanol–water partition coefficient (Wildman–Crippen LogP) is 1.27. The molecule has 2 N–H and O–H groups in total. The highest BCUT2D eigenvalue weighted by Gasteiger charge is 2.15. The van der Waals surface area contributed by atoms with E-state index in [-0.39, 0.29) is 30.7 Å². The Morgan fingerprint density at radius 1 is 1.11 bits per heavy atom. The van der Waals surface area contributed by atoms with E-state index in [0.717, 1.165) is 5.56 Å². The number of carbonyl (C=O) groups is 1. The Morgan fingerprint density at radius 2 is 1.85 bits per heavy atom. The van der Waals surface area contributed by atoms with E-state index < -0.39 is 10.0 Å². The monoisotopic (exact) mass is 392 g/mol. The van der Waals surface area contributed by atoms with E-state index in [1.54, 1.807) is 6.07 Å². The third-order valence-electron chi connectivity index (χ3n) is 3.92. The third-order valence-corrected chi connectivity index (χ3v) is 5.39. The molecule has 0 bridgehead atoms. The van der Waals surface area contributed by atoms with Crippen LogP contribution in [-0.4, -0.2) is 41.4 Å². The summed E-state index contributed by atoms with van der Waals surface area (Å²) in [5.41, 5.74) is 1.24. The number of methoxy groups -OCH3 is 1. The Bertz CT molecular complexity index is 912. The number of sulfonamides is 1. The summed E-state index contributed by atoms with van der Waals surface area (Å²) in [6.45, 7) is 0.963. The van der Waals surface area contributed by atoms with Gasteiger partial charge in [-0.2, -0.15) is 0 Å².